The molecule has 0 bridgehead atoms. The number of carbonyl (C=O) groups is 1. The van der Waals surface area contributed by atoms with Crippen LogP contribution >= 0.6 is 0 Å². The van der Waals surface area contributed by atoms with E-state index in [4.69, 9.17) is 0 Å². The molecule has 2 heterocycles. The molecule has 27 heavy (non-hydrogen) atoms. The summed E-state index contributed by atoms with van der Waals surface area (Å²) in [5.41, 5.74) is 0.475. The zero-order valence-corrected chi connectivity index (χ0v) is 15.2. The summed E-state index contributed by atoms with van der Waals surface area (Å²) in [5.74, 6) is -0.0597. The number of nitrogens with zero attached hydrogens (tertiary/aromatic N) is 5. The molecule has 3 aromatic rings. The second kappa shape index (κ2) is 7.30. The van der Waals surface area contributed by atoms with E-state index in [2.05, 4.69) is 20.5 Å². The van der Waals surface area contributed by atoms with E-state index >= 15 is 0 Å². The van der Waals surface area contributed by atoms with Crippen molar-refractivity contribution >= 4 is 16.7 Å². The van der Waals surface area contributed by atoms with Crippen LogP contribution in [-0.4, -0.2) is 36.5 Å². The van der Waals surface area contributed by atoms with Crippen LogP contribution in [0.15, 0.2) is 41.7 Å². The highest BCUT2D eigenvalue weighted by Gasteiger charge is 2.24. The van der Waals surface area contributed by atoms with Gasteiger partial charge < -0.3 is 5.32 Å². The third-order valence-electron chi connectivity index (χ3n) is 5.23. The predicted octanol–water partition coefficient (Wildman–Crippen LogP) is 1.37. The lowest BCUT2D eigenvalue weighted by atomic mass is 9.91. The molecule has 0 atom stereocenters. The fraction of sp³-hybridized carbons (Fsp3) is 0.421. The maximum atomic E-state index is 12.6. The highest BCUT2D eigenvalue weighted by molar-refractivity contribution is 5.88. The normalized spacial score (nSPS) is 19.9. The second-order valence-corrected chi connectivity index (χ2v) is 7.05. The maximum absolute atomic E-state index is 12.6. The molecule has 1 aliphatic rings. The first-order valence-corrected chi connectivity index (χ1v) is 9.20. The molecule has 1 fully saturated rings. The second-order valence-electron chi connectivity index (χ2n) is 7.05. The lowest BCUT2D eigenvalue weighted by molar-refractivity contribution is -0.121. The Morgan fingerprint density at radius 3 is 2.63 bits per heavy atom. The lowest BCUT2D eigenvalue weighted by Gasteiger charge is -2.29. The van der Waals surface area contributed by atoms with Crippen LogP contribution < -0.4 is 10.9 Å². The number of hydrogen-bond donors (Lipinski definition) is 1. The molecular formula is C19H22N6O2. The maximum Gasteiger partial charge on any atom is 0.274 e. The predicted molar refractivity (Wildman–Crippen MR) is 100 cm³/mol. The molecule has 0 radical (unpaired) electrons. The highest BCUT2D eigenvalue weighted by atomic mass is 16.2. The average Bonchev–Trinajstić information content (AvgIpc) is 3.21. The third kappa shape index (κ3) is 3.60. The topological polar surface area (TPSA) is 94.7 Å². The summed E-state index contributed by atoms with van der Waals surface area (Å²) in [5, 5.41) is 13.0. The molecule has 1 amide bonds. The van der Waals surface area contributed by atoms with Crippen molar-refractivity contribution in [2.75, 3.05) is 0 Å². The van der Waals surface area contributed by atoms with Crippen LogP contribution in [0.3, 0.4) is 0 Å². The van der Waals surface area contributed by atoms with Crippen molar-refractivity contribution in [2.24, 2.45) is 7.05 Å². The summed E-state index contributed by atoms with van der Waals surface area (Å²) >= 11 is 0. The van der Waals surface area contributed by atoms with Gasteiger partial charge in [-0.2, -0.15) is 10.2 Å². The van der Waals surface area contributed by atoms with E-state index in [0.717, 1.165) is 31.1 Å². The number of fused-ring (bicyclic) bond motifs is 1. The van der Waals surface area contributed by atoms with Crippen LogP contribution in [0.4, 0.5) is 0 Å². The minimum atomic E-state index is -0.152. The summed E-state index contributed by atoms with van der Waals surface area (Å²) < 4.78 is 3.20. The number of rotatable bonds is 4. The third-order valence-corrected chi connectivity index (χ3v) is 5.23. The van der Waals surface area contributed by atoms with Crippen molar-refractivity contribution in [1.29, 1.82) is 0 Å². The number of amides is 1. The van der Waals surface area contributed by atoms with Gasteiger partial charge in [0.2, 0.25) is 5.91 Å². The van der Waals surface area contributed by atoms with Gasteiger partial charge in [-0.1, -0.05) is 18.2 Å². The highest BCUT2D eigenvalue weighted by Crippen LogP contribution is 2.27. The monoisotopic (exact) mass is 366 g/mol. The number of nitrogens with one attached hydrogen (secondary N) is 1. The van der Waals surface area contributed by atoms with Crippen LogP contribution in [0.25, 0.3) is 10.8 Å². The van der Waals surface area contributed by atoms with Gasteiger partial charge in [0.1, 0.15) is 12.7 Å². The SMILES string of the molecule is Cn1nc(CC(=O)NC2CCC(n3cncn3)CC2)c2ccccc2c1=O. The van der Waals surface area contributed by atoms with Crippen molar-refractivity contribution in [3.63, 3.8) is 0 Å². The molecule has 0 unspecified atom stereocenters. The van der Waals surface area contributed by atoms with Crippen LogP contribution in [0.2, 0.25) is 0 Å². The number of aryl methyl sites for hydroxylation is 1. The van der Waals surface area contributed by atoms with Crippen molar-refractivity contribution in [2.45, 2.75) is 44.2 Å². The van der Waals surface area contributed by atoms with Gasteiger partial charge in [-0.25, -0.2) is 14.3 Å². The molecule has 0 spiro atoms. The minimum absolute atomic E-state index is 0.0597. The van der Waals surface area contributed by atoms with Crippen molar-refractivity contribution in [3.05, 3.63) is 53.0 Å². The lowest BCUT2D eigenvalue weighted by Crippen LogP contribution is -2.39. The van der Waals surface area contributed by atoms with Crippen molar-refractivity contribution in [1.82, 2.24) is 29.9 Å². The van der Waals surface area contributed by atoms with Crippen LogP contribution in [0.5, 0.6) is 0 Å². The largest absolute Gasteiger partial charge is 0.353 e. The van der Waals surface area contributed by atoms with Crippen LogP contribution in [0, 0.1) is 0 Å². The fourth-order valence-corrected chi connectivity index (χ4v) is 3.83. The Morgan fingerprint density at radius 1 is 1.19 bits per heavy atom. The molecule has 8 heteroatoms. The molecule has 140 valence electrons. The quantitative estimate of drug-likeness (QED) is 0.752. The van der Waals surface area contributed by atoms with E-state index in [0.29, 0.717) is 17.1 Å². The van der Waals surface area contributed by atoms with Crippen LogP contribution in [0.1, 0.15) is 37.4 Å². The van der Waals surface area contributed by atoms with E-state index in [1.54, 1.807) is 25.8 Å². The van der Waals surface area contributed by atoms with Gasteiger partial charge in [-0.05, 0) is 31.7 Å². The molecule has 4 rings (SSSR count). The van der Waals surface area contributed by atoms with E-state index in [-0.39, 0.29) is 23.9 Å². The average molecular weight is 366 g/mol. The summed E-state index contributed by atoms with van der Waals surface area (Å²) in [7, 11) is 1.61. The summed E-state index contributed by atoms with van der Waals surface area (Å²) in [6.07, 6.45) is 7.23. The first-order chi connectivity index (χ1) is 13.1. The van der Waals surface area contributed by atoms with E-state index < -0.39 is 0 Å². The molecule has 0 aliphatic heterocycles. The van der Waals surface area contributed by atoms with Gasteiger partial charge in [0.25, 0.3) is 5.56 Å². The first kappa shape index (κ1) is 17.4. The molecule has 1 aliphatic carbocycles. The number of hydrogen-bond acceptors (Lipinski definition) is 5. The van der Waals surface area contributed by atoms with Crippen molar-refractivity contribution in [3.8, 4) is 0 Å². The summed E-state index contributed by atoms with van der Waals surface area (Å²) in [6, 6.07) is 7.81. The molecule has 2 aromatic heterocycles. The molecule has 1 N–H and O–H groups in total. The summed E-state index contributed by atoms with van der Waals surface area (Å²) in [4.78, 5) is 28.8. The Balaban J connectivity index is 1.41. The number of aromatic nitrogens is 5. The zero-order valence-electron chi connectivity index (χ0n) is 15.2. The van der Waals surface area contributed by atoms with E-state index in [1.165, 1.54) is 4.68 Å². The van der Waals surface area contributed by atoms with Crippen LogP contribution in [-0.2, 0) is 18.3 Å². The van der Waals surface area contributed by atoms with Gasteiger partial charge in [0, 0.05) is 18.5 Å². The molecule has 1 saturated carbocycles. The fourth-order valence-electron chi connectivity index (χ4n) is 3.83. The van der Waals surface area contributed by atoms with Gasteiger partial charge in [0.05, 0.1) is 23.5 Å². The van der Waals surface area contributed by atoms with E-state index in [1.807, 2.05) is 22.9 Å². The molecule has 8 nitrogen and oxygen atoms in total. The van der Waals surface area contributed by atoms with Gasteiger partial charge in [0.15, 0.2) is 0 Å². The number of benzene rings is 1. The smallest absolute Gasteiger partial charge is 0.274 e. The van der Waals surface area contributed by atoms with Gasteiger partial charge in [-0.3, -0.25) is 9.59 Å². The Labute approximate surface area is 156 Å². The molecule has 0 saturated heterocycles. The Morgan fingerprint density at radius 2 is 1.93 bits per heavy atom. The molecular weight excluding hydrogens is 344 g/mol. The molecule has 1 aromatic carbocycles. The van der Waals surface area contributed by atoms with Gasteiger partial charge >= 0.3 is 0 Å². The van der Waals surface area contributed by atoms with Gasteiger partial charge in [-0.15, -0.1) is 0 Å². The number of carbonyl (C=O) groups excluding carboxylic acids is 1. The Bertz CT molecular complexity index is 1000. The minimum Gasteiger partial charge on any atom is -0.353 e. The first-order valence-electron chi connectivity index (χ1n) is 9.20. The Kier molecular flexibility index (Phi) is 4.70. The summed E-state index contributed by atoms with van der Waals surface area (Å²) in [6.45, 7) is 0. The Hall–Kier alpha value is -3.03. The zero-order chi connectivity index (χ0) is 18.8. The standard InChI is InChI=1S/C19H22N6O2/c1-24-19(27)16-5-3-2-4-15(16)17(23-24)10-18(26)22-13-6-8-14(9-7-13)25-12-20-11-21-25/h2-5,11-14H,6-10H2,1H3,(H,22,26). The van der Waals surface area contributed by atoms with Crippen molar-refractivity contribution < 1.29 is 4.79 Å². The van der Waals surface area contributed by atoms with E-state index in [9.17, 15) is 9.59 Å².